The van der Waals surface area contributed by atoms with Gasteiger partial charge in [-0.15, -0.1) is 0 Å². The zero-order valence-corrected chi connectivity index (χ0v) is 14.2. The number of hydrogen-bond donors (Lipinski definition) is 2. The van der Waals surface area contributed by atoms with E-state index in [4.69, 9.17) is 20.9 Å². The fraction of sp³-hybridized carbons (Fsp3) is 0.176. The van der Waals surface area contributed by atoms with Crippen LogP contribution in [0.25, 0.3) is 5.57 Å². The summed E-state index contributed by atoms with van der Waals surface area (Å²) in [5.41, 5.74) is 3.06. The molecule has 4 nitrogen and oxygen atoms in total. The molecule has 1 aliphatic rings. The predicted molar refractivity (Wildman–Crippen MR) is 94.1 cm³/mol. The van der Waals surface area contributed by atoms with Crippen molar-refractivity contribution in [2.24, 2.45) is 0 Å². The Kier molecular flexibility index (Phi) is 4.19. The number of halogens is 1. The van der Waals surface area contributed by atoms with Gasteiger partial charge in [0.2, 0.25) is 0 Å². The van der Waals surface area contributed by atoms with Gasteiger partial charge < -0.3 is 4.74 Å². The molecule has 1 atom stereocenters. The Balaban J connectivity index is 2.09. The molecule has 120 valence electrons. The van der Waals surface area contributed by atoms with E-state index in [1.54, 1.807) is 12.1 Å². The van der Waals surface area contributed by atoms with Crippen molar-refractivity contribution in [2.45, 2.75) is 19.4 Å². The molecule has 3 rings (SSSR count). The highest BCUT2D eigenvalue weighted by Gasteiger charge is 2.27. The minimum atomic E-state index is -2.12. The first kappa shape index (κ1) is 16.1. The summed E-state index contributed by atoms with van der Waals surface area (Å²) in [5, 5.41) is 0.686. The number of nitrogens with one attached hydrogen (secondary N) is 1. The third-order valence-electron chi connectivity index (χ3n) is 3.50. The summed E-state index contributed by atoms with van der Waals surface area (Å²) in [4.78, 5) is 0. The molecule has 0 saturated heterocycles. The van der Waals surface area contributed by atoms with Gasteiger partial charge in [-0.25, -0.2) is 4.21 Å². The molecular weight excluding hydrogens is 334 g/mol. The highest BCUT2D eigenvalue weighted by atomic mass is 35.5. The van der Waals surface area contributed by atoms with Crippen molar-refractivity contribution >= 4 is 34.1 Å². The van der Waals surface area contributed by atoms with E-state index >= 15 is 0 Å². The van der Waals surface area contributed by atoms with Gasteiger partial charge in [0.25, 0.3) is 11.3 Å². The fourth-order valence-corrected chi connectivity index (χ4v) is 3.05. The molecule has 0 aliphatic carbocycles. The van der Waals surface area contributed by atoms with Crippen molar-refractivity contribution in [1.29, 1.82) is 0 Å². The maximum Gasteiger partial charge on any atom is 0.259 e. The number of anilines is 1. The zero-order valence-electron chi connectivity index (χ0n) is 12.7. The summed E-state index contributed by atoms with van der Waals surface area (Å²) >= 11 is 3.85. The highest BCUT2D eigenvalue weighted by Crippen LogP contribution is 2.40. The lowest BCUT2D eigenvalue weighted by atomic mass is 9.90. The lowest BCUT2D eigenvalue weighted by Crippen LogP contribution is -2.29. The lowest BCUT2D eigenvalue weighted by molar-refractivity contribution is 0.158. The van der Waals surface area contributed by atoms with Gasteiger partial charge in [-0.05, 0) is 55.3 Å². The minimum Gasteiger partial charge on any atom is -0.483 e. The van der Waals surface area contributed by atoms with E-state index < -0.39 is 16.9 Å². The predicted octanol–water partition coefficient (Wildman–Crippen LogP) is 4.49. The second-order valence-corrected chi connectivity index (χ2v) is 6.97. The number of rotatable bonds is 3. The van der Waals surface area contributed by atoms with E-state index in [9.17, 15) is 4.21 Å². The summed E-state index contributed by atoms with van der Waals surface area (Å²) in [6.45, 7) is 3.94. The number of benzene rings is 2. The summed E-state index contributed by atoms with van der Waals surface area (Å²) in [6, 6.07) is 13.0. The molecular formula is C17H16ClNO3S. The molecule has 1 heterocycles. The van der Waals surface area contributed by atoms with Gasteiger partial charge in [0.05, 0.1) is 5.69 Å². The topological polar surface area (TPSA) is 58.6 Å². The number of fused-ring (bicyclic) bond motifs is 1. The molecule has 0 amide bonds. The molecule has 2 aromatic rings. The molecule has 1 aliphatic heterocycles. The van der Waals surface area contributed by atoms with Crippen molar-refractivity contribution < 1.29 is 13.5 Å². The molecule has 0 fully saturated rings. The SMILES string of the molecule is CC1(C)C=C(c2ccc(Cl)cc2)c2ccc(NS(=O)O)cc2O1. The van der Waals surface area contributed by atoms with Gasteiger partial charge in [-0.1, -0.05) is 23.7 Å². The standard InChI is InChI=1S/C17H16ClNO3S/c1-17(2)10-15(11-3-5-12(18)6-4-11)14-8-7-13(19-23(20)21)9-16(14)22-17/h3-10,19H,1-2H3,(H,20,21). The Morgan fingerprint density at radius 3 is 2.52 bits per heavy atom. The number of ether oxygens (including phenoxy) is 1. The summed E-state index contributed by atoms with van der Waals surface area (Å²) in [5.74, 6) is 0.665. The largest absolute Gasteiger partial charge is 0.483 e. The maximum absolute atomic E-state index is 10.9. The average Bonchev–Trinajstić information content (AvgIpc) is 2.45. The van der Waals surface area contributed by atoms with E-state index in [0.717, 1.165) is 16.7 Å². The molecule has 0 spiro atoms. The molecule has 0 saturated carbocycles. The Bertz CT molecular complexity index is 800. The second kappa shape index (κ2) is 6.00. The van der Waals surface area contributed by atoms with Gasteiger partial charge in [0.15, 0.2) is 0 Å². The molecule has 2 aromatic carbocycles. The molecule has 23 heavy (non-hydrogen) atoms. The van der Waals surface area contributed by atoms with Crippen LogP contribution in [0.2, 0.25) is 5.02 Å². The van der Waals surface area contributed by atoms with E-state index in [2.05, 4.69) is 10.8 Å². The van der Waals surface area contributed by atoms with Gasteiger partial charge >= 0.3 is 0 Å². The van der Waals surface area contributed by atoms with Crippen LogP contribution >= 0.6 is 11.6 Å². The first-order valence-electron chi connectivity index (χ1n) is 7.04. The van der Waals surface area contributed by atoms with E-state index in [1.165, 1.54) is 0 Å². The summed E-state index contributed by atoms with van der Waals surface area (Å²) in [6.07, 6.45) is 2.07. The van der Waals surface area contributed by atoms with E-state index in [-0.39, 0.29) is 0 Å². The molecule has 2 N–H and O–H groups in total. The van der Waals surface area contributed by atoms with Crippen molar-refractivity contribution in [3.63, 3.8) is 0 Å². The van der Waals surface area contributed by atoms with E-state index in [0.29, 0.717) is 16.5 Å². The second-order valence-electron chi connectivity index (χ2n) is 5.83. The van der Waals surface area contributed by atoms with Crippen LogP contribution in [0.5, 0.6) is 5.75 Å². The first-order chi connectivity index (χ1) is 10.8. The number of hydrogen-bond acceptors (Lipinski definition) is 2. The lowest BCUT2D eigenvalue weighted by Gasteiger charge is -2.31. The van der Waals surface area contributed by atoms with Crippen LogP contribution in [0.1, 0.15) is 25.0 Å². The molecule has 6 heteroatoms. The smallest absolute Gasteiger partial charge is 0.259 e. The third-order valence-corrected chi connectivity index (χ3v) is 4.16. The van der Waals surface area contributed by atoms with Crippen LogP contribution in [-0.4, -0.2) is 14.4 Å². The first-order valence-corrected chi connectivity index (χ1v) is 8.52. The van der Waals surface area contributed by atoms with Gasteiger partial charge in [-0.3, -0.25) is 9.27 Å². The molecule has 1 unspecified atom stereocenters. The maximum atomic E-state index is 10.9. The fourth-order valence-electron chi connectivity index (χ4n) is 2.60. The van der Waals surface area contributed by atoms with Gasteiger partial charge in [0, 0.05) is 16.7 Å². The van der Waals surface area contributed by atoms with Crippen LogP contribution < -0.4 is 9.46 Å². The van der Waals surface area contributed by atoms with E-state index in [1.807, 2.05) is 44.2 Å². The van der Waals surface area contributed by atoms with Crippen LogP contribution in [0, 0.1) is 0 Å². The summed E-state index contributed by atoms with van der Waals surface area (Å²) in [7, 11) is 0. The van der Waals surface area contributed by atoms with Crippen molar-refractivity contribution in [2.75, 3.05) is 4.72 Å². The van der Waals surface area contributed by atoms with Crippen LogP contribution in [0.15, 0.2) is 48.5 Å². The van der Waals surface area contributed by atoms with Gasteiger partial charge in [-0.2, -0.15) is 0 Å². The Hall–Kier alpha value is -1.82. The monoisotopic (exact) mass is 349 g/mol. The molecule has 0 aromatic heterocycles. The van der Waals surface area contributed by atoms with Crippen LogP contribution in [0.4, 0.5) is 5.69 Å². The molecule has 0 radical (unpaired) electrons. The molecule has 0 bridgehead atoms. The Morgan fingerprint density at radius 1 is 1.17 bits per heavy atom. The van der Waals surface area contributed by atoms with Crippen LogP contribution in [0.3, 0.4) is 0 Å². The van der Waals surface area contributed by atoms with Crippen LogP contribution in [-0.2, 0) is 11.3 Å². The zero-order chi connectivity index (χ0) is 16.6. The normalized spacial score (nSPS) is 16.8. The van der Waals surface area contributed by atoms with Crippen molar-refractivity contribution in [1.82, 2.24) is 0 Å². The van der Waals surface area contributed by atoms with Crippen molar-refractivity contribution in [3.8, 4) is 5.75 Å². The highest BCUT2D eigenvalue weighted by molar-refractivity contribution is 7.80. The average molecular weight is 350 g/mol. The Labute approximate surface area is 142 Å². The Morgan fingerprint density at radius 2 is 1.87 bits per heavy atom. The quantitative estimate of drug-likeness (QED) is 0.802. The minimum absolute atomic E-state index is 0.487. The third kappa shape index (κ3) is 3.58. The summed E-state index contributed by atoms with van der Waals surface area (Å²) < 4.78 is 28.3. The van der Waals surface area contributed by atoms with Crippen molar-refractivity contribution in [3.05, 3.63) is 64.7 Å². The van der Waals surface area contributed by atoms with Gasteiger partial charge in [0.1, 0.15) is 11.4 Å².